The molecule has 0 aromatic heterocycles. The van der Waals surface area contributed by atoms with Gasteiger partial charge in [-0.05, 0) is 12.1 Å². The Morgan fingerprint density at radius 2 is 1.84 bits per heavy atom. The number of aromatic carboxylic acids is 1. The average Bonchev–Trinajstić information content (AvgIpc) is 2.36. The predicted octanol–water partition coefficient (Wildman–Crippen LogP) is 2.14. The van der Waals surface area contributed by atoms with Crippen LogP contribution in [0.25, 0.3) is 0 Å². The summed E-state index contributed by atoms with van der Waals surface area (Å²) in [6.45, 7) is -0.710. The summed E-state index contributed by atoms with van der Waals surface area (Å²) < 4.78 is 24.4. The second-order valence-electron chi connectivity index (χ2n) is 3.94. The first kappa shape index (κ1) is 14.9. The van der Waals surface area contributed by atoms with Gasteiger partial charge in [0.15, 0.2) is 0 Å². The van der Waals surface area contributed by atoms with E-state index in [1.807, 2.05) is 0 Å². The van der Waals surface area contributed by atoms with Gasteiger partial charge in [-0.3, -0.25) is 4.90 Å². The third-order valence-corrected chi connectivity index (χ3v) is 2.52. The number of carboxylic acids is 1. The average molecular weight is 272 g/mol. The van der Waals surface area contributed by atoms with E-state index in [0.717, 1.165) is 9.80 Å². The molecule has 0 saturated heterocycles. The monoisotopic (exact) mass is 272 g/mol. The Hall–Kier alpha value is -2.18. The fraction of sp³-hybridized carbons (Fsp3) is 0.333. The summed E-state index contributed by atoms with van der Waals surface area (Å²) in [7, 11) is 2.57. The first-order valence-electron chi connectivity index (χ1n) is 5.44. The topological polar surface area (TPSA) is 60.9 Å². The minimum atomic E-state index is -2.64. The number of urea groups is 1. The summed E-state index contributed by atoms with van der Waals surface area (Å²) in [5.74, 6) is -1.19. The largest absolute Gasteiger partial charge is 0.478 e. The van der Waals surface area contributed by atoms with Gasteiger partial charge in [0.1, 0.15) is 0 Å². The summed E-state index contributed by atoms with van der Waals surface area (Å²) in [6, 6.07) is 5.17. The van der Waals surface area contributed by atoms with Crippen LogP contribution in [-0.2, 0) is 0 Å². The van der Waals surface area contributed by atoms with Gasteiger partial charge in [0.05, 0.1) is 17.8 Å². The summed E-state index contributed by atoms with van der Waals surface area (Å²) in [5.41, 5.74) is 0.0879. The molecule has 0 heterocycles. The van der Waals surface area contributed by atoms with Gasteiger partial charge in [0.25, 0.3) is 6.43 Å². The zero-order chi connectivity index (χ0) is 14.6. The number of benzene rings is 1. The molecule has 0 atom stereocenters. The van der Waals surface area contributed by atoms with Crippen molar-refractivity contribution in [1.82, 2.24) is 4.90 Å². The molecule has 0 aliphatic heterocycles. The lowest BCUT2D eigenvalue weighted by Gasteiger charge is -2.25. The molecule has 104 valence electrons. The third-order valence-electron chi connectivity index (χ3n) is 2.52. The first-order chi connectivity index (χ1) is 8.84. The number of rotatable bonds is 4. The minimum absolute atomic E-state index is 0.0659. The Bertz CT molecular complexity index is 480. The molecular formula is C12H14F2N2O3. The van der Waals surface area contributed by atoms with E-state index in [1.165, 1.54) is 32.3 Å². The quantitative estimate of drug-likeness (QED) is 0.913. The Labute approximate surface area is 109 Å². The Balaban J connectivity index is 2.97. The maximum absolute atomic E-state index is 12.2. The number of hydrogen-bond acceptors (Lipinski definition) is 2. The van der Waals surface area contributed by atoms with Gasteiger partial charge >= 0.3 is 12.0 Å². The van der Waals surface area contributed by atoms with E-state index in [1.54, 1.807) is 6.07 Å². The SMILES string of the molecule is CN(CC(F)F)C(=O)N(C)c1ccccc1C(=O)O. The molecule has 7 heteroatoms. The van der Waals surface area contributed by atoms with Crippen LogP contribution in [0.2, 0.25) is 0 Å². The standard InChI is InChI=1S/C12H14F2N2O3/c1-15(7-10(13)14)12(19)16(2)9-6-4-3-5-8(9)11(17)18/h3-6,10H,7H2,1-2H3,(H,17,18). The van der Waals surface area contributed by atoms with Gasteiger partial charge < -0.3 is 10.0 Å². The lowest BCUT2D eigenvalue weighted by Crippen LogP contribution is -2.41. The van der Waals surface area contributed by atoms with Crippen molar-refractivity contribution in [3.8, 4) is 0 Å². The summed E-state index contributed by atoms with van der Waals surface area (Å²) >= 11 is 0. The van der Waals surface area contributed by atoms with Crippen molar-refractivity contribution in [1.29, 1.82) is 0 Å². The summed E-state index contributed by atoms with van der Waals surface area (Å²) in [6.07, 6.45) is -2.64. The van der Waals surface area contributed by atoms with Crippen LogP contribution in [0.4, 0.5) is 19.3 Å². The van der Waals surface area contributed by atoms with E-state index < -0.39 is 25.0 Å². The Morgan fingerprint density at radius 3 is 2.37 bits per heavy atom. The Morgan fingerprint density at radius 1 is 1.26 bits per heavy atom. The lowest BCUT2D eigenvalue weighted by molar-refractivity contribution is 0.0697. The van der Waals surface area contributed by atoms with Crippen molar-refractivity contribution in [3.63, 3.8) is 0 Å². The van der Waals surface area contributed by atoms with E-state index in [9.17, 15) is 18.4 Å². The molecule has 0 radical (unpaired) electrons. The molecular weight excluding hydrogens is 258 g/mol. The van der Waals surface area contributed by atoms with Gasteiger partial charge in [-0.1, -0.05) is 12.1 Å². The number of para-hydroxylation sites is 1. The second-order valence-corrected chi connectivity index (χ2v) is 3.94. The van der Waals surface area contributed by atoms with Crippen LogP contribution < -0.4 is 4.90 Å². The summed E-state index contributed by atoms with van der Waals surface area (Å²) in [5, 5.41) is 9.01. The van der Waals surface area contributed by atoms with Crippen LogP contribution >= 0.6 is 0 Å². The van der Waals surface area contributed by atoms with E-state index in [4.69, 9.17) is 5.11 Å². The van der Waals surface area contributed by atoms with E-state index in [-0.39, 0.29) is 11.3 Å². The van der Waals surface area contributed by atoms with Gasteiger partial charge in [0, 0.05) is 14.1 Å². The minimum Gasteiger partial charge on any atom is -0.478 e. The summed E-state index contributed by atoms with van der Waals surface area (Å²) in [4.78, 5) is 24.8. The number of anilines is 1. The second kappa shape index (κ2) is 6.12. The van der Waals surface area contributed by atoms with Crippen LogP contribution in [0.15, 0.2) is 24.3 Å². The van der Waals surface area contributed by atoms with E-state index in [2.05, 4.69) is 0 Å². The van der Waals surface area contributed by atoms with Gasteiger partial charge in [-0.25, -0.2) is 18.4 Å². The fourth-order valence-electron chi connectivity index (χ4n) is 1.59. The fourth-order valence-corrected chi connectivity index (χ4v) is 1.59. The molecule has 0 fully saturated rings. The molecule has 1 N–H and O–H groups in total. The maximum atomic E-state index is 12.2. The van der Waals surface area contributed by atoms with Crippen molar-refractivity contribution < 1.29 is 23.5 Å². The number of halogens is 2. The number of carbonyl (C=O) groups excluding carboxylic acids is 1. The van der Waals surface area contributed by atoms with Crippen molar-refractivity contribution in [2.24, 2.45) is 0 Å². The predicted molar refractivity (Wildman–Crippen MR) is 65.8 cm³/mol. The number of amides is 2. The molecule has 2 amide bonds. The molecule has 0 spiro atoms. The molecule has 0 bridgehead atoms. The van der Waals surface area contributed by atoms with Crippen LogP contribution in [0.5, 0.6) is 0 Å². The van der Waals surface area contributed by atoms with Crippen LogP contribution in [0.3, 0.4) is 0 Å². The molecule has 0 aliphatic carbocycles. The highest BCUT2D eigenvalue weighted by Crippen LogP contribution is 2.20. The highest BCUT2D eigenvalue weighted by Gasteiger charge is 2.22. The highest BCUT2D eigenvalue weighted by atomic mass is 19.3. The third kappa shape index (κ3) is 3.64. The van der Waals surface area contributed by atoms with Crippen molar-refractivity contribution in [3.05, 3.63) is 29.8 Å². The van der Waals surface area contributed by atoms with Crippen LogP contribution in [-0.4, -0.2) is 49.1 Å². The molecule has 0 aliphatic rings. The number of carboxylic acid groups (broad SMARTS) is 1. The van der Waals surface area contributed by atoms with Gasteiger partial charge in [-0.15, -0.1) is 0 Å². The van der Waals surface area contributed by atoms with Crippen molar-refractivity contribution in [2.45, 2.75) is 6.43 Å². The molecule has 1 rings (SSSR count). The number of nitrogens with zero attached hydrogens (tertiary/aromatic N) is 2. The zero-order valence-electron chi connectivity index (χ0n) is 10.5. The van der Waals surface area contributed by atoms with E-state index >= 15 is 0 Å². The molecule has 5 nitrogen and oxygen atoms in total. The molecule has 1 aromatic rings. The van der Waals surface area contributed by atoms with Crippen LogP contribution in [0.1, 0.15) is 10.4 Å². The Kier molecular flexibility index (Phi) is 4.80. The zero-order valence-corrected chi connectivity index (χ0v) is 10.5. The molecule has 0 unspecified atom stereocenters. The molecule has 1 aromatic carbocycles. The smallest absolute Gasteiger partial charge is 0.337 e. The van der Waals surface area contributed by atoms with Crippen molar-refractivity contribution >= 4 is 17.7 Å². The molecule has 19 heavy (non-hydrogen) atoms. The normalized spacial score (nSPS) is 10.4. The number of alkyl halides is 2. The number of hydrogen-bond donors (Lipinski definition) is 1. The van der Waals surface area contributed by atoms with Crippen LogP contribution in [0, 0.1) is 0 Å². The van der Waals surface area contributed by atoms with Gasteiger partial charge in [0.2, 0.25) is 0 Å². The maximum Gasteiger partial charge on any atom is 0.337 e. The molecule has 0 saturated carbocycles. The highest BCUT2D eigenvalue weighted by molar-refractivity contribution is 6.01. The van der Waals surface area contributed by atoms with Gasteiger partial charge in [-0.2, -0.15) is 0 Å². The number of carbonyl (C=O) groups is 2. The lowest BCUT2D eigenvalue weighted by atomic mass is 10.1. The van der Waals surface area contributed by atoms with E-state index in [0.29, 0.717) is 0 Å². The first-order valence-corrected chi connectivity index (χ1v) is 5.44. The van der Waals surface area contributed by atoms with Crippen molar-refractivity contribution in [2.75, 3.05) is 25.5 Å².